The minimum Gasteiger partial charge on any atom is -0.299 e. The van der Waals surface area contributed by atoms with Crippen molar-refractivity contribution in [3.8, 4) is 0 Å². The van der Waals surface area contributed by atoms with Crippen LogP contribution < -0.4 is 0 Å². The lowest BCUT2D eigenvalue weighted by molar-refractivity contribution is -0.123. The summed E-state index contributed by atoms with van der Waals surface area (Å²) in [6.07, 6.45) is 6.33. The molecule has 2 heteroatoms. The van der Waals surface area contributed by atoms with Crippen LogP contribution in [-0.2, 0) is 11.2 Å². The fourth-order valence-electron chi connectivity index (χ4n) is 2.87. The van der Waals surface area contributed by atoms with Gasteiger partial charge in [-0.2, -0.15) is 0 Å². The van der Waals surface area contributed by atoms with Gasteiger partial charge in [0.1, 0.15) is 5.78 Å². The molecule has 0 heterocycles. The lowest BCUT2D eigenvalue weighted by Gasteiger charge is -2.26. The van der Waals surface area contributed by atoms with Crippen LogP contribution in [0.3, 0.4) is 0 Å². The smallest absolute Gasteiger partial charge is 0.140 e. The SMILES string of the molecule is CCC1CCC(C(=O)Cc2ccccc2Cl)CC1. The molecule has 1 aromatic rings. The summed E-state index contributed by atoms with van der Waals surface area (Å²) < 4.78 is 0. The van der Waals surface area contributed by atoms with Crippen LogP contribution in [0.5, 0.6) is 0 Å². The molecule has 0 aliphatic heterocycles. The second kappa shape index (κ2) is 6.38. The Morgan fingerprint density at radius 2 is 1.89 bits per heavy atom. The Balaban J connectivity index is 1.91. The van der Waals surface area contributed by atoms with E-state index in [9.17, 15) is 4.79 Å². The van der Waals surface area contributed by atoms with Gasteiger partial charge in [-0.15, -0.1) is 0 Å². The highest BCUT2D eigenvalue weighted by atomic mass is 35.5. The van der Waals surface area contributed by atoms with Crippen LogP contribution in [0.2, 0.25) is 5.02 Å². The van der Waals surface area contributed by atoms with E-state index >= 15 is 0 Å². The average Bonchev–Trinajstić information content (AvgIpc) is 2.41. The van der Waals surface area contributed by atoms with E-state index in [-0.39, 0.29) is 5.92 Å². The van der Waals surface area contributed by atoms with Crippen molar-refractivity contribution in [2.24, 2.45) is 11.8 Å². The Labute approximate surface area is 115 Å². The molecule has 0 saturated heterocycles. The van der Waals surface area contributed by atoms with Gasteiger partial charge in [0, 0.05) is 17.4 Å². The summed E-state index contributed by atoms with van der Waals surface area (Å²) in [4.78, 5) is 12.3. The van der Waals surface area contributed by atoms with Crippen LogP contribution >= 0.6 is 11.6 Å². The Morgan fingerprint density at radius 1 is 1.22 bits per heavy atom. The molecule has 0 aromatic heterocycles. The fraction of sp³-hybridized carbons (Fsp3) is 0.562. The predicted molar refractivity (Wildman–Crippen MR) is 75.9 cm³/mol. The number of rotatable bonds is 4. The molecule has 1 saturated carbocycles. The van der Waals surface area contributed by atoms with E-state index < -0.39 is 0 Å². The largest absolute Gasteiger partial charge is 0.299 e. The Bertz CT molecular complexity index is 405. The minimum atomic E-state index is 0.268. The number of hydrogen-bond donors (Lipinski definition) is 0. The van der Waals surface area contributed by atoms with Gasteiger partial charge in [0.15, 0.2) is 0 Å². The highest BCUT2D eigenvalue weighted by molar-refractivity contribution is 6.31. The van der Waals surface area contributed by atoms with Crippen LogP contribution in [-0.4, -0.2) is 5.78 Å². The van der Waals surface area contributed by atoms with Crippen molar-refractivity contribution in [1.82, 2.24) is 0 Å². The molecule has 1 aliphatic carbocycles. The molecule has 0 N–H and O–H groups in total. The summed E-state index contributed by atoms with van der Waals surface area (Å²) >= 11 is 6.10. The lowest BCUT2D eigenvalue weighted by atomic mass is 9.78. The van der Waals surface area contributed by atoms with E-state index in [2.05, 4.69) is 6.92 Å². The summed E-state index contributed by atoms with van der Waals surface area (Å²) in [6.45, 7) is 2.25. The zero-order chi connectivity index (χ0) is 13.0. The lowest BCUT2D eigenvalue weighted by Crippen LogP contribution is -2.23. The molecule has 1 nitrogen and oxygen atoms in total. The van der Waals surface area contributed by atoms with Crippen molar-refractivity contribution in [3.63, 3.8) is 0 Å². The van der Waals surface area contributed by atoms with E-state index in [1.54, 1.807) is 0 Å². The number of benzene rings is 1. The fourth-order valence-corrected chi connectivity index (χ4v) is 3.07. The maximum atomic E-state index is 12.3. The first-order chi connectivity index (χ1) is 8.70. The number of carbonyl (C=O) groups is 1. The number of Topliss-reactive ketones (excluding diaryl/α,β-unsaturated/α-hetero) is 1. The van der Waals surface area contributed by atoms with Crippen molar-refractivity contribution in [2.75, 3.05) is 0 Å². The van der Waals surface area contributed by atoms with Crippen molar-refractivity contribution >= 4 is 17.4 Å². The van der Waals surface area contributed by atoms with Crippen LogP contribution in [0.4, 0.5) is 0 Å². The Kier molecular flexibility index (Phi) is 4.82. The van der Waals surface area contributed by atoms with E-state index in [1.807, 2.05) is 24.3 Å². The van der Waals surface area contributed by atoms with Gasteiger partial charge in [0.05, 0.1) is 0 Å². The summed E-state index contributed by atoms with van der Waals surface area (Å²) in [7, 11) is 0. The second-order valence-corrected chi connectivity index (χ2v) is 5.77. The molecule has 0 atom stereocenters. The first-order valence-electron chi connectivity index (χ1n) is 6.96. The molecule has 0 radical (unpaired) electrons. The molecule has 0 unspecified atom stereocenters. The quantitative estimate of drug-likeness (QED) is 0.772. The maximum absolute atomic E-state index is 12.3. The number of halogens is 1. The normalized spacial score (nSPS) is 23.9. The second-order valence-electron chi connectivity index (χ2n) is 5.36. The number of hydrogen-bond acceptors (Lipinski definition) is 1. The summed E-state index contributed by atoms with van der Waals surface area (Å²) in [5.74, 6) is 1.48. The highest BCUT2D eigenvalue weighted by Crippen LogP contribution is 2.32. The van der Waals surface area contributed by atoms with Crippen molar-refractivity contribution in [3.05, 3.63) is 34.9 Å². The molecule has 0 amide bonds. The third kappa shape index (κ3) is 3.35. The van der Waals surface area contributed by atoms with Gasteiger partial charge in [-0.3, -0.25) is 4.79 Å². The number of ketones is 1. The first kappa shape index (κ1) is 13.6. The maximum Gasteiger partial charge on any atom is 0.140 e. The molecule has 0 bridgehead atoms. The predicted octanol–water partition coefficient (Wildman–Crippen LogP) is 4.67. The molecular weight excluding hydrogens is 244 g/mol. The summed E-state index contributed by atoms with van der Waals surface area (Å²) in [5, 5.41) is 0.716. The van der Waals surface area contributed by atoms with Gasteiger partial charge in [-0.25, -0.2) is 0 Å². The topological polar surface area (TPSA) is 17.1 Å². The van der Waals surface area contributed by atoms with Gasteiger partial charge >= 0.3 is 0 Å². The Morgan fingerprint density at radius 3 is 2.50 bits per heavy atom. The zero-order valence-corrected chi connectivity index (χ0v) is 11.7. The van der Waals surface area contributed by atoms with E-state index in [4.69, 9.17) is 11.6 Å². The van der Waals surface area contributed by atoms with Crippen LogP contribution in [0.1, 0.15) is 44.6 Å². The molecular formula is C16H21ClO. The molecule has 98 valence electrons. The van der Waals surface area contributed by atoms with Crippen molar-refractivity contribution < 1.29 is 4.79 Å². The standard InChI is InChI=1S/C16H21ClO/c1-2-12-7-9-13(10-8-12)16(18)11-14-5-3-4-6-15(14)17/h3-6,12-13H,2,7-11H2,1H3. The average molecular weight is 265 g/mol. The molecule has 0 spiro atoms. The van der Waals surface area contributed by atoms with Gasteiger partial charge in [0.25, 0.3) is 0 Å². The van der Waals surface area contributed by atoms with Crippen LogP contribution in [0.15, 0.2) is 24.3 Å². The number of carbonyl (C=O) groups excluding carboxylic acids is 1. The minimum absolute atomic E-state index is 0.268. The van der Waals surface area contributed by atoms with Gasteiger partial charge in [-0.05, 0) is 43.2 Å². The van der Waals surface area contributed by atoms with Crippen LogP contribution in [0, 0.1) is 11.8 Å². The molecule has 2 rings (SSSR count). The zero-order valence-electron chi connectivity index (χ0n) is 11.0. The van der Waals surface area contributed by atoms with Crippen molar-refractivity contribution in [1.29, 1.82) is 0 Å². The summed E-state index contributed by atoms with van der Waals surface area (Å²) in [6, 6.07) is 7.67. The van der Waals surface area contributed by atoms with Crippen molar-refractivity contribution in [2.45, 2.75) is 45.4 Å². The third-order valence-corrected chi connectivity index (χ3v) is 4.57. The molecule has 1 fully saturated rings. The summed E-state index contributed by atoms with van der Waals surface area (Å²) in [5.41, 5.74) is 0.974. The Hall–Kier alpha value is -0.820. The monoisotopic (exact) mass is 264 g/mol. The first-order valence-corrected chi connectivity index (χ1v) is 7.34. The van der Waals surface area contributed by atoms with Gasteiger partial charge < -0.3 is 0 Å². The molecule has 1 aliphatic rings. The highest BCUT2D eigenvalue weighted by Gasteiger charge is 2.25. The van der Waals surface area contributed by atoms with E-state index in [0.29, 0.717) is 17.2 Å². The third-order valence-electron chi connectivity index (χ3n) is 4.20. The van der Waals surface area contributed by atoms with Gasteiger partial charge in [-0.1, -0.05) is 43.1 Å². The van der Waals surface area contributed by atoms with E-state index in [1.165, 1.54) is 19.3 Å². The molecule has 18 heavy (non-hydrogen) atoms. The molecule has 1 aromatic carbocycles. The van der Waals surface area contributed by atoms with Gasteiger partial charge in [0.2, 0.25) is 0 Å². The van der Waals surface area contributed by atoms with Crippen LogP contribution in [0.25, 0.3) is 0 Å². The van der Waals surface area contributed by atoms with E-state index in [0.717, 1.165) is 24.3 Å².